The van der Waals surface area contributed by atoms with Gasteiger partial charge in [-0.2, -0.15) is 0 Å². The largest absolute Gasteiger partial charge is 0.399 e. The van der Waals surface area contributed by atoms with Crippen molar-refractivity contribution in [3.8, 4) is 0 Å². The fourth-order valence-electron chi connectivity index (χ4n) is 2.39. The summed E-state index contributed by atoms with van der Waals surface area (Å²) in [6, 6.07) is 11.7. The minimum Gasteiger partial charge on any atom is -0.399 e. The molecular weight excluding hydrogens is 274 g/mol. The zero-order valence-corrected chi connectivity index (χ0v) is 13.2. The number of carbonyl (C=O) groups excluding carboxylic acids is 1. The Labute approximate surface area is 132 Å². The molecule has 22 heavy (non-hydrogen) atoms. The zero-order valence-electron chi connectivity index (χ0n) is 13.2. The van der Waals surface area contributed by atoms with Crippen molar-refractivity contribution >= 4 is 11.6 Å². The summed E-state index contributed by atoms with van der Waals surface area (Å²) in [6.45, 7) is 4.66. The van der Waals surface area contributed by atoms with Crippen LogP contribution in [0, 0.1) is 0 Å². The summed E-state index contributed by atoms with van der Waals surface area (Å²) in [5.41, 5.74) is 8.76. The molecule has 0 saturated carbocycles. The first-order valence-corrected chi connectivity index (χ1v) is 7.59. The number of aryl methyl sites for hydroxylation is 1. The highest BCUT2D eigenvalue weighted by atomic mass is 16.2. The van der Waals surface area contributed by atoms with Gasteiger partial charge in [0, 0.05) is 37.1 Å². The second kappa shape index (κ2) is 7.59. The Kier molecular flexibility index (Phi) is 5.53. The van der Waals surface area contributed by atoms with E-state index in [1.807, 2.05) is 55.1 Å². The van der Waals surface area contributed by atoms with Gasteiger partial charge in [0.25, 0.3) is 0 Å². The van der Waals surface area contributed by atoms with Gasteiger partial charge in [-0.25, -0.2) is 0 Å². The van der Waals surface area contributed by atoms with Crippen molar-refractivity contribution in [2.24, 2.45) is 0 Å². The lowest BCUT2D eigenvalue weighted by atomic mass is 10.1. The second-order valence-electron chi connectivity index (χ2n) is 5.68. The molecule has 0 aliphatic heterocycles. The SMILES string of the molecule is CC(C)N(Cc1cccnc1)C(=O)CCc1ccccc1N. The molecule has 0 aliphatic rings. The Bertz CT molecular complexity index is 611. The number of anilines is 1. The van der Waals surface area contributed by atoms with Gasteiger partial charge < -0.3 is 10.6 Å². The normalized spacial score (nSPS) is 10.7. The van der Waals surface area contributed by atoms with Crippen LogP contribution in [-0.4, -0.2) is 21.8 Å². The number of hydrogen-bond acceptors (Lipinski definition) is 3. The summed E-state index contributed by atoms with van der Waals surface area (Å²) in [4.78, 5) is 18.5. The minimum absolute atomic E-state index is 0.141. The molecule has 0 spiro atoms. The molecule has 0 saturated heterocycles. The third-order valence-electron chi connectivity index (χ3n) is 3.68. The molecule has 0 fully saturated rings. The monoisotopic (exact) mass is 297 g/mol. The van der Waals surface area contributed by atoms with Crippen molar-refractivity contribution in [1.29, 1.82) is 0 Å². The van der Waals surface area contributed by atoms with Crippen molar-refractivity contribution in [3.63, 3.8) is 0 Å². The van der Waals surface area contributed by atoms with Crippen LogP contribution in [0.15, 0.2) is 48.8 Å². The van der Waals surface area contributed by atoms with Crippen LogP contribution in [0.1, 0.15) is 31.4 Å². The number of rotatable bonds is 6. The number of benzene rings is 1. The number of para-hydroxylation sites is 1. The van der Waals surface area contributed by atoms with Gasteiger partial charge in [0.1, 0.15) is 0 Å². The van der Waals surface area contributed by atoms with Crippen LogP contribution in [-0.2, 0) is 17.8 Å². The Morgan fingerprint density at radius 3 is 2.64 bits per heavy atom. The molecule has 1 heterocycles. The minimum atomic E-state index is 0.141. The fraction of sp³-hybridized carbons (Fsp3) is 0.333. The van der Waals surface area contributed by atoms with Gasteiger partial charge in [0.2, 0.25) is 5.91 Å². The molecule has 0 atom stereocenters. The van der Waals surface area contributed by atoms with Crippen molar-refractivity contribution in [3.05, 3.63) is 59.9 Å². The third kappa shape index (κ3) is 4.32. The Hall–Kier alpha value is -2.36. The van der Waals surface area contributed by atoms with E-state index >= 15 is 0 Å². The molecule has 1 aromatic carbocycles. The fourth-order valence-corrected chi connectivity index (χ4v) is 2.39. The van der Waals surface area contributed by atoms with Crippen molar-refractivity contribution < 1.29 is 4.79 Å². The number of aromatic nitrogens is 1. The average Bonchev–Trinajstić information content (AvgIpc) is 2.52. The van der Waals surface area contributed by atoms with Crippen LogP contribution in [0.3, 0.4) is 0 Å². The number of nitrogen functional groups attached to an aromatic ring is 1. The first-order valence-electron chi connectivity index (χ1n) is 7.59. The third-order valence-corrected chi connectivity index (χ3v) is 3.68. The van der Waals surface area contributed by atoms with Gasteiger partial charge in [0.05, 0.1) is 0 Å². The molecule has 0 radical (unpaired) electrons. The Morgan fingerprint density at radius 2 is 2.00 bits per heavy atom. The maximum Gasteiger partial charge on any atom is 0.223 e. The van der Waals surface area contributed by atoms with Crippen LogP contribution < -0.4 is 5.73 Å². The highest BCUT2D eigenvalue weighted by Crippen LogP contribution is 2.15. The lowest BCUT2D eigenvalue weighted by Crippen LogP contribution is -2.36. The molecule has 0 unspecified atom stereocenters. The predicted molar refractivity (Wildman–Crippen MR) is 89.1 cm³/mol. The van der Waals surface area contributed by atoms with Gasteiger partial charge in [-0.05, 0) is 43.5 Å². The van der Waals surface area contributed by atoms with E-state index in [0.717, 1.165) is 16.8 Å². The predicted octanol–water partition coefficient (Wildman–Crippen LogP) is 3.03. The molecular formula is C18H23N3O. The molecule has 4 nitrogen and oxygen atoms in total. The van der Waals surface area contributed by atoms with E-state index in [-0.39, 0.29) is 11.9 Å². The number of carbonyl (C=O) groups is 1. The molecule has 0 aliphatic carbocycles. The number of nitrogens with two attached hydrogens (primary N) is 1. The van der Waals surface area contributed by atoms with Crippen LogP contribution in [0.4, 0.5) is 5.69 Å². The van der Waals surface area contributed by atoms with Gasteiger partial charge in [-0.3, -0.25) is 9.78 Å². The Morgan fingerprint density at radius 1 is 1.23 bits per heavy atom. The molecule has 0 bridgehead atoms. The van der Waals surface area contributed by atoms with Gasteiger partial charge >= 0.3 is 0 Å². The van der Waals surface area contributed by atoms with E-state index in [1.165, 1.54) is 0 Å². The van der Waals surface area contributed by atoms with Crippen LogP contribution in [0.2, 0.25) is 0 Å². The summed E-state index contributed by atoms with van der Waals surface area (Å²) < 4.78 is 0. The summed E-state index contributed by atoms with van der Waals surface area (Å²) in [6.07, 6.45) is 4.68. The lowest BCUT2D eigenvalue weighted by Gasteiger charge is -2.27. The first-order chi connectivity index (χ1) is 10.6. The number of hydrogen-bond donors (Lipinski definition) is 1. The maximum absolute atomic E-state index is 12.5. The molecule has 1 aromatic heterocycles. The van der Waals surface area contributed by atoms with Gasteiger partial charge in [-0.1, -0.05) is 24.3 Å². The lowest BCUT2D eigenvalue weighted by molar-refractivity contribution is -0.133. The van der Waals surface area contributed by atoms with Crippen LogP contribution in [0.5, 0.6) is 0 Å². The summed E-state index contributed by atoms with van der Waals surface area (Å²) in [7, 11) is 0. The molecule has 2 rings (SSSR count). The number of pyridine rings is 1. The standard InChI is InChI=1S/C18H23N3O/c1-14(2)21(13-15-6-5-11-20-12-15)18(22)10-9-16-7-3-4-8-17(16)19/h3-8,11-12,14H,9-10,13,19H2,1-2H3. The van der Waals surface area contributed by atoms with Gasteiger partial charge in [0.15, 0.2) is 0 Å². The highest BCUT2D eigenvalue weighted by Gasteiger charge is 2.17. The van der Waals surface area contributed by atoms with E-state index in [9.17, 15) is 4.79 Å². The first kappa shape index (κ1) is 16.0. The van der Waals surface area contributed by atoms with E-state index in [2.05, 4.69) is 4.98 Å². The quantitative estimate of drug-likeness (QED) is 0.834. The maximum atomic E-state index is 12.5. The number of amides is 1. The van der Waals surface area contributed by atoms with E-state index in [1.54, 1.807) is 12.4 Å². The summed E-state index contributed by atoms with van der Waals surface area (Å²) in [5.74, 6) is 0.141. The highest BCUT2D eigenvalue weighted by molar-refractivity contribution is 5.77. The number of nitrogens with zero attached hydrogens (tertiary/aromatic N) is 2. The van der Waals surface area contributed by atoms with Crippen molar-refractivity contribution in [2.45, 2.75) is 39.3 Å². The van der Waals surface area contributed by atoms with E-state index < -0.39 is 0 Å². The summed E-state index contributed by atoms with van der Waals surface area (Å²) in [5, 5.41) is 0. The molecule has 116 valence electrons. The van der Waals surface area contributed by atoms with Crippen molar-refractivity contribution in [1.82, 2.24) is 9.88 Å². The smallest absolute Gasteiger partial charge is 0.223 e. The summed E-state index contributed by atoms with van der Waals surface area (Å²) >= 11 is 0. The van der Waals surface area contributed by atoms with Crippen LogP contribution >= 0.6 is 0 Å². The Balaban J connectivity index is 2.00. The second-order valence-corrected chi connectivity index (χ2v) is 5.68. The molecule has 2 N–H and O–H groups in total. The topological polar surface area (TPSA) is 59.2 Å². The molecule has 1 amide bonds. The molecule has 2 aromatic rings. The van der Waals surface area contributed by atoms with Crippen molar-refractivity contribution in [2.75, 3.05) is 5.73 Å². The van der Waals surface area contributed by atoms with E-state index in [0.29, 0.717) is 19.4 Å². The zero-order chi connectivity index (χ0) is 15.9. The van der Waals surface area contributed by atoms with Gasteiger partial charge in [-0.15, -0.1) is 0 Å². The average molecular weight is 297 g/mol. The van der Waals surface area contributed by atoms with Crippen LogP contribution in [0.25, 0.3) is 0 Å². The van der Waals surface area contributed by atoms with E-state index in [4.69, 9.17) is 5.73 Å². The molecule has 4 heteroatoms.